The predicted molar refractivity (Wildman–Crippen MR) is 103 cm³/mol. The molecule has 0 radical (unpaired) electrons. The van der Waals surface area contributed by atoms with Gasteiger partial charge in [-0.2, -0.15) is 0 Å². The van der Waals surface area contributed by atoms with Gasteiger partial charge in [0, 0.05) is 12.3 Å². The van der Waals surface area contributed by atoms with Gasteiger partial charge in [-0.3, -0.25) is 14.2 Å². The topological polar surface area (TPSA) is 73.5 Å². The fourth-order valence-electron chi connectivity index (χ4n) is 2.53. The summed E-state index contributed by atoms with van der Waals surface area (Å²) in [5, 5.41) is 2.78. The van der Waals surface area contributed by atoms with Crippen LogP contribution >= 0.6 is 0 Å². The van der Waals surface area contributed by atoms with Crippen LogP contribution in [0.15, 0.2) is 76.3 Å². The molecule has 1 aromatic carbocycles. The van der Waals surface area contributed by atoms with Crippen LogP contribution in [0.2, 0.25) is 0 Å². The molecule has 0 aliphatic rings. The maximum atomic E-state index is 12.8. The molecule has 0 aliphatic carbocycles. The highest BCUT2D eigenvalue weighted by Gasteiger charge is 2.13. The summed E-state index contributed by atoms with van der Waals surface area (Å²) in [5.41, 5.74) is 0.705. The fourth-order valence-corrected chi connectivity index (χ4v) is 2.53. The molecule has 0 unspecified atom stereocenters. The first-order valence-electron chi connectivity index (χ1n) is 8.60. The molecule has 0 atom stereocenters. The quantitative estimate of drug-likeness (QED) is 0.654. The van der Waals surface area contributed by atoms with Crippen molar-refractivity contribution in [1.82, 2.24) is 9.88 Å². The zero-order chi connectivity index (χ0) is 19.1. The molecule has 2 aromatic heterocycles. The average Bonchev–Trinajstić information content (AvgIpc) is 3.20. The third-order valence-corrected chi connectivity index (χ3v) is 3.81. The van der Waals surface area contributed by atoms with Crippen LogP contribution in [0.25, 0.3) is 11.8 Å². The number of furan rings is 1. The van der Waals surface area contributed by atoms with Gasteiger partial charge in [0.05, 0.1) is 19.4 Å². The Labute approximate surface area is 156 Å². The van der Waals surface area contributed by atoms with E-state index in [0.717, 1.165) is 11.3 Å². The Morgan fingerprint density at radius 2 is 1.96 bits per heavy atom. The van der Waals surface area contributed by atoms with Crippen LogP contribution < -0.4 is 15.6 Å². The molecule has 1 N–H and O–H groups in total. The fraction of sp³-hybridized carbons (Fsp3) is 0.143. The van der Waals surface area contributed by atoms with Gasteiger partial charge in [-0.1, -0.05) is 18.2 Å². The van der Waals surface area contributed by atoms with Crippen molar-refractivity contribution in [3.8, 4) is 5.75 Å². The van der Waals surface area contributed by atoms with Crippen LogP contribution in [-0.2, 0) is 11.3 Å². The highest BCUT2D eigenvalue weighted by molar-refractivity contribution is 6.18. The predicted octanol–water partition coefficient (Wildman–Crippen LogP) is 3.15. The number of hydrogen-bond acceptors (Lipinski definition) is 4. The van der Waals surface area contributed by atoms with Crippen molar-refractivity contribution in [1.29, 1.82) is 0 Å². The van der Waals surface area contributed by atoms with Crippen molar-refractivity contribution in [3.05, 3.63) is 88.7 Å². The average molecular weight is 364 g/mol. The van der Waals surface area contributed by atoms with Gasteiger partial charge in [-0.25, -0.2) is 0 Å². The van der Waals surface area contributed by atoms with E-state index >= 15 is 0 Å². The number of carbonyl (C=O) groups excluding carboxylic acids is 1. The first kappa shape index (κ1) is 18.3. The summed E-state index contributed by atoms with van der Waals surface area (Å²) < 4.78 is 12.0. The Hall–Kier alpha value is -3.54. The lowest BCUT2D eigenvalue weighted by Crippen LogP contribution is -2.30. The Bertz CT molecular complexity index is 970. The van der Waals surface area contributed by atoms with Crippen molar-refractivity contribution >= 4 is 17.7 Å². The van der Waals surface area contributed by atoms with Crippen molar-refractivity contribution in [3.63, 3.8) is 0 Å². The van der Waals surface area contributed by atoms with Crippen LogP contribution in [0.5, 0.6) is 5.75 Å². The molecule has 6 heteroatoms. The van der Waals surface area contributed by atoms with E-state index in [-0.39, 0.29) is 23.7 Å². The Morgan fingerprint density at radius 3 is 2.63 bits per heavy atom. The lowest BCUT2D eigenvalue weighted by atomic mass is 10.1. The number of benzene rings is 1. The number of hydrogen-bond donors (Lipinski definition) is 1. The third-order valence-electron chi connectivity index (χ3n) is 3.81. The number of ether oxygens (including phenoxy) is 1. The maximum Gasteiger partial charge on any atom is 0.268 e. The zero-order valence-electron chi connectivity index (χ0n) is 14.9. The molecule has 1 amide bonds. The van der Waals surface area contributed by atoms with E-state index < -0.39 is 0 Å². The van der Waals surface area contributed by atoms with Gasteiger partial charge < -0.3 is 14.5 Å². The Balaban J connectivity index is 1.90. The molecule has 0 fully saturated rings. The van der Waals surface area contributed by atoms with Crippen LogP contribution in [0.3, 0.4) is 0 Å². The van der Waals surface area contributed by atoms with E-state index in [1.807, 2.05) is 31.2 Å². The maximum absolute atomic E-state index is 12.8. The summed E-state index contributed by atoms with van der Waals surface area (Å²) in [6, 6.07) is 15.6. The SMILES string of the molecule is CCOc1ccc(C=C(C(=O)NCc2ccco2)n2ccccc2=O)cc1. The second kappa shape index (κ2) is 8.71. The highest BCUT2D eigenvalue weighted by Crippen LogP contribution is 2.16. The molecule has 0 saturated carbocycles. The molecule has 0 spiro atoms. The largest absolute Gasteiger partial charge is 0.494 e. The molecule has 2 heterocycles. The Kier molecular flexibility index (Phi) is 5.89. The number of amides is 1. The number of aromatic nitrogens is 1. The smallest absolute Gasteiger partial charge is 0.268 e. The molecular weight excluding hydrogens is 344 g/mol. The van der Waals surface area contributed by atoms with Crippen molar-refractivity contribution in [2.45, 2.75) is 13.5 Å². The van der Waals surface area contributed by atoms with E-state index in [9.17, 15) is 9.59 Å². The van der Waals surface area contributed by atoms with Crippen molar-refractivity contribution in [2.24, 2.45) is 0 Å². The lowest BCUT2D eigenvalue weighted by Gasteiger charge is -2.11. The number of pyridine rings is 1. The minimum Gasteiger partial charge on any atom is -0.494 e. The summed E-state index contributed by atoms with van der Waals surface area (Å²) in [7, 11) is 0. The van der Waals surface area contributed by atoms with E-state index in [2.05, 4.69) is 5.32 Å². The minimum atomic E-state index is -0.381. The normalized spacial score (nSPS) is 11.2. The number of nitrogens with zero attached hydrogens (tertiary/aromatic N) is 1. The van der Waals surface area contributed by atoms with Crippen molar-refractivity contribution in [2.75, 3.05) is 6.61 Å². The molecule has 3 aromatic rings. The third kappa shape index (κ3) is 4.76. The standard InChI is InChI=1S/C21H20N2O4/c1-2-26-17-10-8-16(9-11-17)14-19(23-12-4-3-7-20(23)24)21(25)22-15-18-6-5-13-27-18/h3-14H,2,15H2,1H3,(H,22,25). The summed E-state index contributed by atoms with van der Waals surface area (Å²) >= 11 is 0. The van der Waals surface area contributed by atoms with Gasteiger partial charge in [0.2, 0.25) is 0 Å². The first-order chi connectivity index (χ1) is 13.2. The van der Waals surface area contributed by atoms with Crippen molar-refractivity contribution < 1.29 is 13.9 Å². The molecule has 0 bridgehead atoms. The van der Waals surface area contributed by atoms with E-state index in [4.69, 9.17) is 9.15 Å². The van der Waals surface area contributed by atoms with E-state index in [0.29, 0.717) is 12.4 Å². The number of nitrogens with one attached hydrogen (secondary N) is 1. The summed E-state index contributed by atoms with van der Waals surface area (Å²) in [6.45, 7) is 2.72. The molecule has 27 heavy (non-hydrogen) atoms. The summed E-state index contributed by atoms with van der Waals surface area (Å²) in [4.78, 5) is 25.0. The van der Waals surface area contributed by atoms with Crippen LogP contribution in [0, 0.1) is 0 Å². The monoisotopic (exact) mass is 364 g/mol. The molecule has 0 saturated heterocycles. The van der Waals surface area contributed by atoms with E-state index in [1.165, 1.54) is 10.6 Å². The minimum absolute atomic E-state index is 0.219. The van der Waals surface area contributed by atoms with Crippen LogP contribution in [-0.4, -0.2) is 17.1 Å². The van der Waals surface area contributed by atoms with Gasteiger partial charge >= 0.3 is 0 Å². The van der Waals surface area contributed by atoms with Gasteiger partial charge in [0.15, 0.2) is 0 Å². The second-order valence-corrected chi connectivity index (χ2v) is 5.70. The Morgan fingerprint density at radius 1 is 1.15 bits per heavy atom. The van der Waals surface area contributed by atoms with Crippen LogP contribution in [0.1, 0.15) is 18.2 Å². The van der Waals surface area contributed by atoms with Gasteiger partial charge in [0.1, 0.15) is 17.2 Å². The van der Waals surface area contributed by atoms with Crippen LogP contribution in [0.4, 0.5) is 0 Å². The number of carbonyl (C=O) groups is 1. The second-order valence-electron chi connectivity index (χ2n) is 5.70. The molecular formula is C21H20N2O4. The van der Waals surface area contributed by atoms with Gasteiger partial charge in [-0.05, 0) is 48.9 Å². The molecule has 3 rings (SSSR count). The zero-order valence-corrected chi connectivity index (χ0v) is 14.9. The highest BCUT2D eigenvalue weighted by atomic mass is 16.5. The summed E-state index contributed by atoms with van der Waals surface area (Å²) in [5.74, 6) is 0.994. The number of rotatable bonds is 7. The molecule has 6 nitrogen and oxygen atoms in total. The lowest BCUT2D eigenvalue weighted by molar-refractivity contribution is -0.116. The van der Waals surface area contributed by atoms with E-state index in [1.54, 1.807) is 42.8 Å². The first-order valence-corrected chi connectivity index (χ1v) is 8.60. The van der Waals surface area contributed by atoms with Gasteiger partial charge in [-0.15, -0.1) is 0 Å². The molecule has 138 valence electrons. The summed E-state index contributed by atoms with van der Waals surface area (Å²) in [6.07, 6.45) is 4.77. The van der Waals surface area contributed by atoms with Gasteiger partial charge in [0.25, 0.3) is 11.5 Å². The molecule has 0 aliphatic heterocycles.